The summed E-state index contributed by atoms with van der Waals surface area (Å²) in [7, 11) is 0. The van der Waals surface area contributed by atoms with Crippen molar-refractivity contribution in [2.45, 2.75) is 76.4 Å². The number of benzene rings is 1. The predicted molar refractivity (Wildman–Crippen MR) is 93.5 cm³/mol. The van der Waals surface area contributed by atoms with Gasteiger partial charge >= 0.3 is 0 Å². The van der Waals surface area contributed by atoms with Gasteiger partial charge in [-0.3, -0.25) is 0 Å². The molecule has 6 heteroatoms. The molecule has 1 aromatic rings. The van der Waals surface area contributed by atoms with Gasteiger partial charge in [-0.15, -0.1) is 0 Å². The third-order valence-electron chi connectivity index (χ3n) is 4.96. The summed E-state index contributed by atoms with van der Waals surface area (Å²) in [5, 5.41) is 0. The van der Waals surface area contributed by atoms with Crippen LogP contribution in [0.1, 0.15) is 33.3 Å². The van der Waals surface area contributed by atoms with E-state index in [1.165, 1.54) is 5.56 Å². The summed E-state index contributed by atoms with van der Waals surface area (Å²) in [6, 6.07) is 10.3. The second-order valence-corrected chi connectivity index (χ2v) is 8.01. The van der Waals surface area contributed by atoms with Crippen LogP contribution in [0.25, 0.3) is 0 Å². The fourth-order valence-corrected chi connectivity index (χ4v) is 3.84. The maximum absolute atomic E-state index is 6.16. The Kier molecular flexibility index (Phi) is 4.84. The van der Waals surface area contributed by atoms with E-state index >= 15 is 0 Å². The van der Waals surface area contributed by atoms with Gasteiger partial charge in [0, 0.05) is 0 Å². The fourth-order valence-electron chi connectivity index (χ4n) is 3.84. The summed E-state index contributed by atoms with van der Waals surface area (Å²) in [6.07, 6.45) is -0.610. The Morgan fingerprint density at radius 2 is 1.65 bits per heavy atom. The molecule has 144 valence electrons. The van der Waals surface area contributed by atoms with Gasteiger partial charge in [-0.1, -0.05) is 30.3 Å². The Morgan fingerprint density at radius 1 is 0.923 bits per heavy atom. The third-order valence-corrected chi connectivity index (χ3v) is 4.96. The minimum atomic E-state index is -0.659. The lowest BCUT2D eigenvalue weighted by Crippen LogP contribution is -2.40. The molecule has 0 aromatic heterocycles. The number of rotatable bonds is 5. The summed E-state index contributed by atoms with van der Waals surface area (Å²) < 4.78 is 36.0. The Labute approximate surface area is 154 Å². The number of ether oxygens (including phenoxy) is 6. The van der Waals surface area contributed by atoms with Crippen molar-refractivity contribution in [1.82, 2.24) is 0 Å². The van der Waals surface area contributed by atoms with Crippen molar-refractivity contribution in [3.63, 3.8) is 0 Å². The molecule has 3 aliphatic heterocycles. The van der Waals surface area contributed by atoms with Crippen LogP contribution in [0.15, 0.2) is 30.3 Å². The molecule has 3 heterocycles. The van der Waals surface area contributed by atoms with Gasteiger partial charge in [0.1, 0.15) is 24.4 Å². The molecule has 26 heavy (non-hydrogen) atoms. The van der Waals surface area contributed by atoms with Gasteiger partial charge in [0.25, 0.3) is 0 Å². The summed E-state index contributed by atoms with van der Waals surface area (Å²) in [5.41, 5.74) is 1.23. The van der Waals surface area contributed by atoms with Gasteiger partial charge in [0.2, 0.25) is 0 Å². The molecule has 3 saturated heterocycles. The lowest BCUT2D eigenvalue weighted by Gasteiger charge is -2.27. The zero-order chi connectivity index (χ0) is 18.4. The van der Waals surface area contributed by atoms with Gasteiger partial charge in [0.05, 0.1) is 13.2 Å². The van der Waals surface area contributed by atoms with E-state index < -0.39 is 17.9 Å². The van der Waals surface area contributed by atoms with Crippen molar-refractivity contribution in [3.05, 3.63) is 35.9 Å². The molecule has 0 radical (unpaired) electrons. The molecule has 0 saturated carbocycles. The molecule has 0 amide bonds. The van der Waals surface area contributed by atoms with E-state index in [9.17, 15) is 0 Å². The van der Waals surface area contributed by atoms with Crippen LogP contribution in [0.3, 0.4) is 0 Å². The first-order valence-electron chi connectivity index (χ1n) is 9.31. The van der Waals surface area contributed by atoms with Crippen LogP contribution in [0.4, 0.5) is 0 Å². The minimum absolute atomic E-state index is 0.197. The van der Waals surface area contributed by atoms with Crippen LogP contribution in [0.2, 0.25) is 0 Å². The van der Waals surface area contributed by atoms with E-state index in [-0.39, 0.29) is 24.4 Å². The van der Waals surface area contributed by atoms with E-state index in [1.54, 1.807) is 0 Å². The molecule has 0 unspecified atom stereocenters. The molecule has 0 bridgehead atoms. The molecular formula is C20H28O6. The van der Waals surface area contributed by atoms with Crippen molar-refractivity contribution in [2.75, 3.05) is 13.2 Å². The normalized spacial score (nSPS) is 37.8. The molecule has 6 nitrogen and oxygen atoms in total. The summed E-state index contributed by atoms with van der Waals surface area (Å²) >= 11 is 0. The summed E-state index contributed by atoms with van der Waals surface area (Å²) in [5.74, 6) is -1.27. The molecule has 0 spiro atoms. The van der Waals surface area contributed by atoms with Gasteiger partial charge in [-0.25, -0.2) is 0 Å². The molecule has 0 N–H and O–H groups in total. The van der Waals surface area contributed by atoms with Gasteiger partial charge in [-0.05, 0) is 39.7 Å². The van der Waals surface area contributed by atoms with Crippen LogP contribution in [-0.2, 0) is 34.8 Å². The standard InChI is InChI=1S/C20H28O6/c1-19(2)22-12-14(24-19)15-16-17(26-20(3,4)25-16)18(23-15)21-11-10-13-8-6-5-7-9-13/h5-9,14-18H,10-12H2,1-4H3/t14-,15+,16-,17-,18-/m0/s1. The highest BCUT2D eigenvalue weighted by molar-refractivity contribution is 5.14. The topological polar surface area (TPSA) is 55.4 Å². The first-order chi connectivity index (χ1) is 12.3. The second kappa shape index (κ2) is 6.86. The lowest BCUT2D eigenvalue weighted by molar-refractivity contribution is -0.247. The van der Waals surface area contributed by atoms with Crippen molar-refractivity contribution in [1.29, 1.82) is 0 Å². The van der Waals surface area contributed by atoms with Crippen LogP contribution >= 0.6 is 0 Å². The highest BCUT2D eigenvalue weighted by Crippen LogP contribution is 2.42. The predicted octanol–water partition coefficient (Wildman–Crippen LogP) is 2.64. The Balaban J connectivity index is 1.40. The van der Waals surface area contributed by atoms with Gasteiger partial charge in [-0.2, -0.15) is 0 Å². The van der Waals surface area contributed by atoms with Crippen molar-refractivity contribution in [2.24, 2.45) is 0 Å². The van der Waals surface area contributed by atoms with Crippen LogP contribution in [0, 0.1) is 0 Å². The maximum atomic E-state index is 6.16. The van der Waals surface area contributed by atoms with Crippen LogP contribution < -0.4 is 0 Å². The maximum Gasteiger partial charge on any atom is 0.187 e. The van der Waals surface area contributed by atoms with Crippen LogP contribution in [-0.4, -0.2) is 55.5 Å². The van der Waals surface area contributed by atoms with E-state index in [0.717, 1.165) is 6.42 Å². The van der Waals surface area contributed by atoms with E-state index in [4.69, 9.17) is 28.4 Å². The lowest BCUT2D eigenvalue weighted by atomic mass is 10.1. The van der Waals surface area contributed by atoms with E-state index in [2.05, 4.69) is 12.1 Å². The summed E-state index contributed by atoms with van der Waals surface area (Å²) in [6.45, 7) is 8.68. The zero-order valence-corrected chi connectivity index (χ0v) is 15.8. The highest BCUT2D eigenvalue weighted by atomic mass is 16.8. The Morgan fingerprint density at radius 3 is 2.35 bits per heavy atom. The van der Waals surface area contributed by atoms with Crippen molar-refractivity contribution >= 4 is 0 Å². The molecule has 0 aliphatic carbocycles. The van der Waals surface area contributed by atoms with Gasteiger partial charge < -0.3 is 28.4 Å². The summed E-state index contributed by atoms with van der Waals surface area (Å²) in [4.78, 5) is 0. The molecule has 3 fully saturated rings. The average Bonchev–Trinajstić information content (AvgIpc) is 3.19. The zero-order valence-electron chi connectivity index (χ0n) is 15.8. The van der Waals surface area contributed by atoms with Crippen molar-refractivity contribution in [3.8, 4) is 0 Å². The average molecular weight is 364 g/mol. The first kappa shape index (κ1) is 18.3. The molecule has 1 aromatic carbocycles. The molecule has 5 atom stereocenters. The van der Waals surface area contributed by atoms with E-state index in [0.29, 0.717) is 13.2 Å². The Bertz CT molecular complexity index is 616. The smallest absolute Gasteiger partial charge is 0.187 e. The van der Waals surface area contributed by atoms with Gasteiger partial charge in [0.15, 0.2) is 17.9 Å². The monoisotopic (exact) mass is 364 g/mol. The minimum Gasteiger partial charge on any atom is -0.350 e. The largest absolute Gasteiger partial charge is 0.350 e. The quantitative estimate of drug-likeness (QED) is 0.801. The molecule has 3 aliphatic rings. The number of fused-ring (bicyclic) bond motifs is 1. The Hall–Kier alpha value is -1.02. The molecular weight excluding hydrogens is 336 g/mol. The fraction of sp³-hybridized carbons (Fsp3) is 0.700. The van der Waals surface area contributed by atoms with E-state index in [1.807, 2.05) is 45.9 Å². The third kappa shape index (κ3) is 3.81. The van der Waals surface area contributed by atoms with Crippen molar-refractivity contribution < 1.29 is 28.4 Å². The molecule has 4 rings (SSSR count). The SMILES string of the molecule is CC1(C)O[C@@H]2[C@H](O1)[C@@H](OCCc1ccccc1)O[C@@H]2[C@@H]1COC(C)(C)O1. The number of hydrogen-bond donors (Lipinski definition) is 0. The second-order valence-electron chi connectivity index (χ2n) is 8.01. The first-order valence-corrected chi connectivity index (χ1v) is 9.31. The number of hydrogen-bond acceptors (Lipinski definition) is 6. The van der Waals surface area contributed by atoms with Crippen LogP contribution in [0.5, 0.6) is 0 Å². The highest BCUT2D eigenvalue weighted by Gasteiger charge is 2.59.